The van der Waals surface area contributed by atoms with E-state index in [1.54, 1.807) is 0 Å². The largest absolute Gasteiger partial charge is 0.306 e. The van der Waals surface area contributed by atoms with Crippen molar-refractivity contribution in [1.82, 2.24) is 0 Å². The van der Waals surface area contributed by atoms with Crippen molar-refractivity contribution in [2.75, 3.05) is 0 Å². The summed E-state index contributed by atoms with van der Waals surface area (Å²) in [6, 6.07) is 3.38. The monoisotopic (exact) mass is 208 g/mol. The molecule has 0 amide bonds. The molecule has 76 valence electrons. The standard InChI is InChI=1S/C9H5FN2O3/c1-5(13)6-2-3-8(12(14)15)9(10)7(6)4-11/h2-3H,1H3. The fourth-order valence-electron chi connectivity index (χ4n) is 1.11. The third-order valence-corrected chi connectivity index (χ3v) is 1.81. The summed E-state index contributed by atoms with van der Waals surface area (Å²) in [5.74, 6) is -1.78. The number of carbonyl (C=O) groups is 1. The van der Waals surface area contributed by atoms with E-state index in [0.29, 0.717) is 0 Å². The Kier molecular flexibility index (Phi) is 2.76. The molecule has 0 aliphatic carbocycles. The molecule has 0 aliphatic heterocycles. The number of nitrogens with zero attached hydrogens (tertiary/aromatic N) is 2. The highest BCUT2D eigenvalue weighted by Crippen LogP contribution is 2.23. The minimum atomic E-state index is -1.27. The average Bonchev–Trinajstić information content (AvgIpc) is 2.16. The molecule has 1 aromatic carbocycles. The number of rotatable bonds is 2. The number of ketones is 1. The van der Waals surface area contributed by atoms with Crippen LogP contribution in [0.5, 0.6) is 0 Å². The lowest BCUT2D eigenvalue weighted by atomic mass is 10.0. The Morgan fingerprint density at radius 1 is 1.60 bits per heavy atom. The van der Waals surface area contributed by atoms with Crippen molar-refractivity contribution in [3.63, 3.8) is 0 Å². The van der Waals surface area contributed by atoms with Gasteiger partial charge in [0.15, 0.2) is 5.78 Å². The maximum Gasteiger partial charge on any atom is 0.306 e. The summed E-state index contributed by atoms with van der Waals surface area (Å²) < 4.78 is 13.3. The Bertz CT molecular complexity index is 491. The van der Waals surface area contributed by atoms with Crippen LogP contribution >= 0.6 is 0 Å². The molecule has 0 spiro atoms. The Labute approximate surface area is 83.9 Å². The van der Waals surface area contributed by atoms with Gasteiger partial charge in [-0.2, -0.15) is 9.65 Å². The molecule has 0 fully saturated rings. The normalized spacial score (nSPS) is 9.40. The maximum atomic E-state index is 13.3. The summed E-state index contributed by atoms with van der Waals surface area (Å²) in [5, 5.41) is 18.9. The van der Waals surface area contributed by atoms with Crippen LogP contribution < -0.4 is 0 Å². The molecule has 1 aromatic rings. The molecule has 1 rings (SSSR count). The van der Waals surface area contributed by atoms with Crippen molar-refractivity contribution in [3.05, 3.63) is 39.2 Å². The van der Waals surface area contributed by atoms with Gasteiger partial charge in [0.1, 0.15) is 11.6 Å². The number of nitro benzene ring substituents is 1. The van der Waals surface area contributed by atoms with Crippen LogP contribution in [0.15, 0.2) is 12.1 Å². The molecule has 0 N–H and O–H groups in total. The highest BCUT2D eigenvalue weighted by molar-refractivity contribution is 5.96. The summed E-state index contributed by atoms with van der Waals surface area (Å²) >= 11 is 0. The molecule has 5 nitrogen and oxygen atoms in total. The molecule has 0 heterocycles. The lowest BCUT2D eigenvalue weighted by molar-refractivity contribution is -0.387. The molecular formula is C9H5FN2O3. The van der Waals surface area contributed by atoms with Gasteiger partial charge in [0.25, 0.3) is 0 Å². The van der Waals surface area contributed by atoms with Gasteiger partial charge >= 0.3 is 5.69 Å². The average molecular weight is 208 g/mol. The van der Waals surface area contributed by atoms with Crippen LogP contribution in [0.25, 0.3) is 0 Å². The van der Waals surface area contributed by atoms with Gasteiger partial charge in [0.2, 0.25) is 5.82 Å². The lowest BCUT2D eigenvalue weighted by Gasteiger charge is -2.00. The number of hydrogen-bond donors (Lipinski definition) is 0. The maximum absolute atomic E-state index is 13.3. The third kappa shape index (κ3) is 1.81. The van der Waals surface area contributed by atoms with Crippen molar-refractivity contribution in [1.29, 1.82) is 5.26 Å². The highest BCUT2D eigenvalue weighted by atomic mass is 19.1. The molecule has 0 atom stereocenters. The number of benzene rings is 1. The van der Waals surface area contributed by atoms with E-state index in [0.717, 1.165) is 19.1 Å². The third-order valence-electron chi connectivity index (χ3n) is 1.81. The van der Waals surface area contributed by atoms with Gasteiger partial charge < -0.3 is 0 Å². The molecule has 0 bridgehead atoms. The first-order valence-electron chi connectivity index (χ1n) is 3.87. The first-order chi connectivity index (χ1) is 6.99. The molecule has 6 heteroatoms. The van der Waals surface area contributed by atoms with E-state index in [4.69, 9.17) is 5.26 Å². The van der Waals surface area contributed by atoms with Crippen LogP contribution in [0.4, 0.5) is 10.1 Å². The number of hydrogen-bond acceptors (Lipinski definition) is 4. The van der Waals surface area contributed by atoms with Crippen LogP contribution in [0, 0.1) is 27.3 Å². The van der Waals surface area contributed by atoms with E-state index in [2.05, 4.69) is 0 Å². The number of nitriles is 1. The molecule has 0 aromatic heterocycles. The lowest BCUT2D eigenvalue weighted by Crippen LogP contribution is -2.03. The minimum Gasteiger partial charge on any atom is -0.294 e. The zero-order valence-electron chi connectivity index (χ0n) is 7.65. The van der Waals surface area contributed by atoms with Gasteiger partial charge in [-0.1, -0.05) is 0 Å². The summed E-state index contributed by atoms with van der Waals surface area (Å²) in [6.07, 6.45) is 0. The van der Waals surface area contributed by atoms with Crippen molar-refractivity contribution < 1.29 is 14.1 Å². The van der Waals surface area contributed by atoms with Gasteiger partial charge in [0.05, 0.1) is 4.92 Å². The predicted molar refractivity (Wildman–Crippen MR) is 47.8 cm³/mol. The van der Waals surface area contributed by atoms with Gasteiger partial charge in [-0.3, -0.25) is 14.9 Å². The Morgan fingerprint density at radius 3 is 2.60 bits per heavy atom. The van der Waals surface area contributed by atoms with Crippen LogP contribution in [0.1, 0.15) is 22.8 Å². The second kappa shape index (κ2) is 3.84. The fourth-order valence-corrected chi connectivity index (χ4v) is 1.11. The molecular weight excluding hydrogens is 203 g/mol. The molecule has 0 saturated carbocycles. The van der Waals surface area contributed by atoms with Gasteiger partial charge in [-0.25, -0.2) is 0 Å². The summed E-state index contributed by atoms with van der Waals surface area (Å²) in [6.45, 7) is 1.15. The number of nitro groups is 1. The first-order valence-corrected chi connectivity index (χ1v) is 3.87. The van der Waals surface area contributed by atoms with Gasteiger partial charge in [-0.05, 0) is 13.0 Å². The second-order valence-corrected chi connectivity index (χ2v) is 2.75. The van der Waals surface area contributed by atoms with E-state index in [9.17, 15) is 19.3 Å². The predicted octanol–water partition coefficient (Wildman–Crippen LogP) is 1.81. The van der Waals surface area contributed by atoms with Crippen LogP contribution in [0.2, 0.25) is 0 Å². The van der Waals surface area contributed by atoms with E-state index >= 15 is 0 Å². The number of carbonyl (C=O) groups excluding carboxylic acids is 1. The van der Waals surface area contributed by atoms with Crippen molar-refractivity contribution in [2.45, 2.75) is 6.92 Å². The van der Waals surface area contributed by atoms with Gasteiger partial charge in [-0.15, -0.1) is 0 Å². The van der Waals surface area contributed by atoms with Crippen LogP contribution in [-0.4, -0.2) is 10.7 Å². The second-order valence-electron chi connectivity index (χ2n) is 2.75. The molecule has 0 radical (unpaired) electrons. The molecule has 0 unspecified atom stereocenters. The van der Waals surface area contributed by atoms with Crippen molar-refractivity contribution in [3.8, 4) is 6.07 Å². The molecule has 15 heavy (non-hydrogen) atoms. The smallest absolute Gasteiger partial charge is 0.294 e. The van der Waals surface area contributed by atoms with E-state index in [-0.39, 0.29) is 5.56 Å². The Hall–Kier alpha value is -2.29. The quantitative estimate of drug-likeness (QED) is 0.421. The topological polar surface area (TPSA) is 84.0 Å². The Morgan fingerprint density at radius 2 is 2.20 bits per heavy atom. The summed E-state index contributed by atoms with van der Waals surface area (Å²) in [7, 11) is 0. The van der Waals surface area contributed by atoms with Crippen molar-refractivity contribution in [2.24, 2.45) is 0 Å². The SMILES string of the molecule is CC(=O)c1ccc([N+](=O)[O-])c(F)c1C#N. The van der Waals surface area contributed by atoms with E-state index in [1.165, 1.54) is 6.07 Å². The fraction of sp³-hybridized carbons (Fsp3) is 0.111. The first kappa shape index (κ1) is 10.8. The summed E-state index contributed by atoms with van der Waals surface area (Å²) in [4.78, 5) is 20.4. The van der Waals surface area contributed by atoms with Crippen LogP contribution in [0.3, 0.4) is 0 Å². The Balaban J connectivity index is 3.55. The van der Waals surface area contributed by atoms with Gasteiger partial charge in [0, 0.05) is 11.6 Å². The summed E-state index contributed by atoms with van der Waals surface area (Å²) in [5.41, 5.74) is -1.55. The van der Waals surface area contributed by atoms with E-state index < -0.39 is 27.8 Å². The number of Topliss-reactive ketones (excluding diaryl/α,β-unsaturated/α-hetero) is 1. The zero-order valence-corrected chi connectivity index (χ0v) is 7.65. The molecule has 0 aliphatic rings. The minimum absolute atomic E-state index is 0.152. The number of halogens is 1. The molecule has 0 saturated heterocycles. The zero-order chi connectivity index (χ0) is 11.6. The van der Waals surface area contributed by atoms with Crippen LogP contribution in [-0.2, 0) is 0 Å². The van der Waals surface area contributed by atoms with Crippen molar-refractivity contribution >= 4 is 11.5 Å². The highest BCUT2D eigenvalue weighted by Gasteiger charge is 2.22. The van der Waals surface area contributed by atoms with E-state index in [1.807, 2.05) is 0 Å².